The average Bonchev–Trinajstić information content (AvgIpc) is 3.10. The normalized spacial score (nSPS) is 11.9. The molecule has 6 nitrogen and oxygen atoms in total. The number of carbonyl (C=O) groups excluding carboxylic acids is 2. The summed E-state index contributed by atoms with van der Waals surface area (Å²) >= 11 is 0. The van der Waals surface area contributed by atoms with Gasteiger partial charge in [-0.2, -0.15) is 0 Å². The zero-order chi connectivity index (χ0) is 19.8. The van der Waals surface area contributed by atoms with E-state index in [0.29, 0.717) is 23.7 Å². The highest BCUT2D eigenvalue weighted by Gasteiger charge is 2.18. The molecular formula is C20H25FN2O4. The number of hydrogen-bond acceptors (Lipinski definition) is 4. The number of carbonyl (C=O) groups is 2. The number of ether oxygens (including phenoxy) is 1. The lowest BCUT2D eigenvalue weighted by atomic mass is 10.0. The first-order valence-electron chi connectivity index (χ1n) is 8.96. The molecular weight excluding hydrogens is 351 g/mol. The van der Waals surface area contributed by atoms with Crippen molar-refractivity contribution in [2.45, 2.75) is 33.2 Å². The Balaban J connectivity index is 1.96. The molecule has 0 bridgehead atoms. The van der Waals surface area contributed by atoms with Crippen molar-refractivity contribution in [2.75, 3.05) is 13.2 Å². The standard InChI is InChI=1S/C20H25FN2O4/c1-4-26-20(25)23-16(11-13(2)3)12-22-19(24)18-10-9-17(27-18)14-5-7-15(21)8-6-14/h5-10,13,16H,4,11-12H2,1-3H3,(H,22,24)(H,23,25)/t16-/m1/s1. The van der Waals surface area contributed by atoms with E-state index in [4.69, 9.17) is 9.15 Å². The summed E-state index contributed by atoms with van der Waals surface area (Å²) in [6.45, 7) is 6.33. The van der Waals surface area contributed by atoms with Gasteiger partial charge in [0.15, 0.2) is 5.76 Å². The van der Waals surface area contributed by atoms with E-state index >= 15 is 0 Å². The average molecular weight is 376 g/mol. The smallest absolute Gasteiger partial charge is 0.407 e. The largest absolute Gasteiger partial charge is 0.451 e. The van der Waals surface area contributed by atoms with Crippen molar-refractivity contribution in [3.05, 3.63) is 48.0 Å². The minimum absolute atomic E-state index is 0.147. The number of benzene rings is 1. The molecule has 0 fully saturated rings. The summed E-state index contributed by atoms with van der Waals surface area (Å²) in [5, 5.41) is 5.51. The Morgan fingerprint density at radius 2 is 1.85 bits per heavy atom. The van der Waals surface area contributed by atoms with E-state index < -0.39 is 6.09 Å². The van der Waals surface area contributed by atoms with Crippen molar-refractivity contribution < 1.29 is 23.1 Å². The second-order valence-electron chi connectivity index (χ2n) is 6.57. The molecule has 0 radical (unpaired) electrons. The second-order valence-corrected chi connectivity index (χ2v) is 6.57. The van der Waals surface area contributed by atoms with E-state index in [0.717, 1.165) is 0 Å². The molecule has 2 amide bonds. The first-order valence-corrected chi connectivity index (χ1v) is 8.96. The summed E-state index contributed by atoms with van der Waals surface area (Å²) < 4.78 is 23.5. The number of halogens is 1. The highest BCUT2D eigenvalue weighted by molar-refractivity contribution is 5.92. The third kappa shape index (κ3) is 6.44. The van der Waals surface area contributed by atoms with E-state index in [1.165, 1.54) is 12.1 Å². The SMILES string of the molecule is CCOC(=O)N[C@@H](CNC(=O)c1ccc(-c2ccc(F)cc2)o1)CC(C)C. The van der Waals surface area contributed by atoms with Gasteiger partial charge in [-0.1, -0.05) is 13.8 Å². The van der Waals surface area contributed by atoms with E-state index in [9.17, 15) is 14.0 Å². The van der Waals surface area contributed by atoms with Crippen LogP contribution in [0.2, 0.25) is 0 Å². The molecule has 2 aromatic rings. The third-order valence-electron chi connectivity index (χ3n) is 3.82. The molecule has 0 spiro atoms. The van der Waals surface area contributed by atoms with Gasteiger partial charge in [0.25, 0.3) is 5.91 Å². The maximum Gasteiger partial charge on any atom is 0.407 e. The van der Waals surface area contributed by atoms with Gasteiger partial charge in [-0.25, -0.2) is 9.18 Å². The lowest BCUT2D eigenvalue weighted by molar-refractivity contribution is 0.0918. The number of hydrogen-bond donors (Lipinski definition) is 2. The summed E-state index contributed by atoms with van der Waals surface area (Å²) in [6.07, 6.45) is 0.187. The number of amides is 2. The molecule has 0 saturated carbocycles. The molecule has 1 heterocycles. The topological polar surface area (TPSA) is 80.6 Å². The van der Waals surface area contributed by atoms with Gasteiger partial charge in [-0.15, -0.1) is 0 Å². The maximum atomic E-state index is 13.0. The summed E-state index contributed by atoms with van der Waals surface area (Å²) in [6, 6.07) is 8.79. The zero-order valence-electron chi connectivity index (χ0n) is 15.8. The summed E-state index contributed by atoms with van der Waals surface area (Å²) in [5.41, 5.74) is 0.678. The highest BCUT2D eigenvalue weighted by Crippen LogP contribution is 2.22. The van der Waals surface area contributed by atoms with E-state index in [2.05, 4.69) is 10.6 Å². The van der Waals surface area contributed by atoms with Gasteiger partial charge in [0.05, 0.1) is 6.61 Å². The fourth-order valence-electron chi connectivity index (χ4n) is 2.63. The van der Waals surface area contributed by atoms with E-state index in [1.54, 1.807) is 31.2 Å². The highest BCUT2D eigenvalue weighted by atomic mass is 19.1. The minimum Gasteiger partial charge on any atom is -0.451 e. The fourth-order valence-corrected chi connectivity index (χ4v) is 2.63. The molecule has 0 unspecified atom stereocenters. The molecule has 0 aliphatic rings. The number of nitrogens with one attached hydrogen (secondary N) is 2. The lowest BCUT2D eigenvalue weighted by Crippen LogP contribution is -2.44. The number of rotatable bonds is 8. The molecule has 2 N–H and O–H groups in total. The van der Waals surface area contributed by atoms with Crippen LogP contribution in [0.4, 0.5) is 9.18 Å². The summed E-state index contributed by atoms with van der Waals surface area (Å²) in [4.78, 5) is 24.0. The number of furan rings is 1. The van der Waals surface area contributed by atoms with Crippen LogP contribution in [-0.2, 0) is 4.74 Å². The van der Waals surface area contributed by atoms with E-state index in [-0.39, 0.29) is 36.7 Å². The van der Waals surface area contributed by atoms with Crippen molar-refractivity contribution in [1.82, 2.24) is 10.6 Å². The molecule has 0 aliphatic heterocycles. The molecule has 7 heteroatoms. The molecule has 2 rings (SSSR count). The van der Waals surface area contributed by atoms with Crippen LogP contribution in [0.1, 0.15) is 37.7 Å². The van der Waals surface area contributed by atoms with Crippen molar-refractivity contribution in [2.24, 2.45) is 5.92 Å². The molecule has 0 aliphatic carbocycles. The van der Waals surface area contributed by atoms with Crippen LogP contribution in [-0.4, -0.2) is 31.2 Å². The van der Waals surface area contributed by atoms with Gasteiger partial charge in [0.1, 0.15) is 11.6 Å². The van der Waals surface area contributed by atoms with Gasteiger partial charge in [-0.05, 0) is 55.7 Å². The fraction of sp³-hybridized carbons (Fsp3) is 0.400. The van der Waals surface area contributed by atoms with Gasteiger partial charge >= 0.3 is 6.09 Å². The summed E-state index contributed by atoms with van der Waals surface area (Å²) in [5.74, 6) is 0.233. The second kappa shape index (κ2) is 9.75. The Labute approximate surface area is 158 Å². The lowest BCUT2D eigenvalue weighted by Gasteiger charge is -2.20. The van der Waals surface area contributed by atoms with Gasteiger partial charge in [0.2, 0.25) is 0 Å². The summed E-state index contributed by atoms with van der Waals surface area (Å²) in [7, 11) is 0. The van der Waals surface area contributed by atoms with Gasteiger partial charge < -0.3 is 19.8 Å². The molecule has 1 aromatic heterocycles. The predicted molar refractivity (Wildman–Crippen MR) is 99.8 cm³/mol. The monoisotopic (exact) mass is 376 g/mol. The van der Waals surface area contributed by atoms with Crippen LogP contribution >= 0.6 is 0 Å². The van der Waals surface area contributed by atoms with Crippen LogP contribution in [0.5, 0.6) is 0 Å². The Morgan fingerprint density at radius 3 is 2.48 bits per heavy atom. The quantitative estimate of drug-likeness (QED) is 0.730. The van der Waals surface area contributed by atoms with Crippen LogP contribution in [0.25, 0.3) is 11.3 Å². The Kier molecular flexibility index (Phi) is 7.40. The van der Waals surface area contributed by atoms with Crippen molar-refractivity contribution in [1.29, 1.82) is 0 Å². The Hall–Kier alpha value is -2.83. The number of alkyl carbamates (subject to hydrolysis) is 1. The third-order valence-corrected chi connectivity index (χ3v) is 3.82. The van der Waals surface area contributed by atoms with Crippen molar-refractivity contribution >= 4 is 12.0 Å². The molecule has 1 atom stereocenters. The van der Waals surface area contributed by atoms with Crippen LogP contribution in [0.3, 0.4) is 0 Å². The van der Waals surface area contributed by atoms with Crippen molar-refractivity contribution in [3.8, 4) is 11.3 Å². The van der Waals surface area contributed by atoms with Crippen LogP contribution in [0, 0.1) is 11.7 Å². The zero-order valence-corrected chi connectivity index (χ0v) is 15.8. The van der Waals surface area contributed by atoms with Crippen LogP contribution < -0.4 is 10.6 Å². The Morgan fingerprint density at radius 1 is 1.15 bits per heavy atom. The molecule has 27 heavy (non-hydrogen) atoms. The first-order chi connectivity index (χ1) is 12.9. The van der Waals surface area contributed by atoms with E-state index in [1.807, 2.05) is 13.8 Å². The Bertz CT molecular complexity index is 756. The minimum atomic E-state index is -0.506. The van der Waals surface area contributed by atoms with Gasteiger partial charge in [-0.3, -0.25) is 4.79 Å². The van der Waals surface area contributed by atoms with Gasteiger partial charge in [0, 0.05) is 18.2 Å². The first kappa shape index (κ1) is 20.5. The maximum absolute atomic E-state index is 13.0. The van der Waals surface area contributed by atoms with Crippen LogP contribution in [0.15, 0.2) is 40.8 Å². The molecule has 0 saturated heterocycles. The molecule has 1 aromatic carbocycles. The molecule has 146 valence electrons. The predicted octanol–water partition coefficient (Wildman–Crippen LogP) is 3.98. The van der Waals surface area contributed by atoms with Crippen molar-refractivity contribution in [3.63, 3.8) is 0 Å².